The third-order valence-electron chi connectivity index (χ3n) is 3.23. The third-order valence-corrected chi connectivity index (χ3v) is 3.53. The largest absolute Gasteiger partial charge is 0.338 e. The fourth-order valence-electron chi connectivity index (χ4n) is 2.14. The van der Waals surface area contributed by atoms with Crippen molar-refractivity contribution in [3.8, 4) is 0 Å². The van der Waals surface area contributed by atoms with E-state index in [1.807, 2.05) is 0 Å². The normalized spacial score (nSPS) is 17.5. The molecule has 0 bridgehead atoms. The predicted molar refractivity (Wildman–Crippen MR) is 70.2 cm³/mol. The fraction of sp³-hybridized carbons (Fsp3) is 0.500. The molecule has 0 spiro atoms. The molecule has 1 aromatic heterocycles. The Kier molecular flexibility index (Phi) is 3.45. The first-order valence-electron chi connectivity index (χ1n) is 5.89. The predicted octanol–water partition coefficient (Wildman–Crippen LogP) is 2.52. The lowest BCUT2D eigenvalue weighted by atomic mass is 9.93. The number of pyridine rings is 1. The van der Waals surface area contributed by atoms with E-state index in [0.717, 1.165) is 12.6 Å². The van der Waals surface area contributed by atoms with Gasteiger partial charge in [-0.25, -0.2) is 4.98 Å². The van der Waals surface area contributed by atoms with Crippen LogP contribution in [0.15, 0.2) is 12.3 Å². The molecule has 1 fully saturated rings. The van der Waals surface area contributed by atoms with E-state index < -0.39 is 4.92 Å². The maximum absolute atomic E-state index is 12.3. The summed E-state index contributed by atoms with van der Waals surface area (Å²) >= 11 is 5.86. The Morgan fingerprint density at radius 3 is 2.79 bits per heavy atom. The summed E-state index contributed by atoms with van der Waals surface area (Å²) in [7, 11) is 0. The van der Waals surface area contributed by atoms with Gasteiger partial charge in [0.1, 0.15) is 11.3 Å². The highest BCUT2D eigenvalue weighted by atomic mass is 35.5. The molecule has 1 saturated heterocycles. The maximum Gasteiger partial charge on any atom is 0.288 e. The van der Waals surface area contributed by atoms with Crippen molar-refractivity contribution in [2.75, 3.05) is 13.1 Å². The van der Waals surface area contributed by atoms with Gasteiger partial charge in [-0.05, 0) is 11.8 Å². The van der Waals surface area contributed by atoms with Crippen LogP contribution in [0, 0.1) is 15.5 Å². The van der Waals surface area contributed by atoms with E-state index in [4.69, 9.17) is 11.6 Å². The van der Waals surface area contributed by atoms with Gasteiger partial charge in [0.15, 0.2) is 0 Å². The number of halogens is 1. The molecule has 0 aliphatic carbocycles. The van der Waals surface area contributed by atoms with Gasteiger partial charge in [-0.2, -0.15) is 0 Å². The zero-order valence-electron chi connectivity index (χ0n) is 10.7. The highest BCUT2D eigenvalue weighted by Gasteiger charge is 2.33. The van der Waals surface area contributed by atoms with Gasteiger partial charge in [0.05, 0.1) is 10.5 Å². The summed E-state index contributed by atoms with van der Waals surface area (Å²) in [5.74, 6) is -0.299. The lowest BCUT2D eigenvalue weighted by molar-refractivity contribution is -0.385. The van der Waals surface area contributed by atoms with E-state index >= 15 is 0 Å². The number of rotatable bonds is 2. The van der Waals surface area contributed by atoms with Gasteiger partial charge >= 0.3 is 0 Å². The number of likely N-dealkylation sites (tertiary alicyclic amines) is 1. The van der Waals surface area contributed by atoms with Crippen LogP contribution in [0.25, 0.3) is 0 Å². The number of amides is 1. The fourth-order valence-corrected chi connectivity index (χ4v) is 2.33. The Morgan fingerprint density at radius 1 is 1.58 bits per heavy atom. The smallest absolute Gasteiger partial charge is 0.288 e. The van der Waals surface area contributed by atoms with Crippen LogP contribution in [0.2, 0.25) is 5.15 Å². The molecule has 1 aromatic rings. The van der Waals surface area contributed by atoms with Crippen LogP contribution in [0.1, 0.15) is 30.6 Å². The molecule has 0 saturated carbocycles. The lowest BCUT2D eigenvalue weighted by Gasteiger charge is -2.20. The molecule has 2 rings (SSSR count). The average molecular weight is 284 g/mol. The second-order valence-electron chi connectivity index (χ2n) is 5.43. The van der Waals surface area contributed by atoms with E-state index in [0.29, 0.717) is 13.1 Å². The first-order chi connectivity index (χ1) is 8.80. The molecule has 1 amide bonds. The summed E-state index contributed by atoms with van der Waals surface area (Å²) in [6, 6.07) is 1.18. The highest BCUT2D eigenvalue weighted by molar-refractivity contribution is 6.32. The minimum Gasteiger partial charge on any atom is -0.338 e. The van der Waals surface area contributed by atoms with Gasteiger partial charge in [0.25, 0.3) is 11.6 Å². The van der Waals surface area contributed by atoms with Gasteiger partial charge in [0, 0.05) is 19.2 Å². The zero-order valence-corrected chi connectivity index (χ0v) is 11.5. The summed E-state index contributed by atoms with van der Waals surface area (Å²) in [5.41, 5.74) is -0.0733. The van der Waals surface area contributed by atoms with Crippen LogP contribution in [0.3, 0.4) is 0 Å². The monoisotopic (exact) mass is 283 g/mol. The summed E-state index contributed by atoms with van der Waals surface area (Å²) in [4.78, 5) is 27.8. The van der Waals surface area contributed by atoms with Crippen LogP contribution >= 0.6 is 11.6 Å². The molecular weight excluding hydrogens is 270 g/mol. The Balaban J connectivity index is 2.29. The maximum atomic E-state index is 12.3. The Labute approximate surface area is 115 Å². The average Bonchev–Trinajstić information content (AvgIpc) is 2.69. The molecular formula is C12H14ClN3O3. The summed E-state index contributed by atoms with van der Waals surface area (Å²) in [6.45, 7) is 5.40. The molecule has 0 N–H and O–H groups in total. The second kappa shape index (κ2) is 4.77. The van der Waals surface area contributed by atoms with Gasteiger partial charge < -0.3 is 4.90 Å². The van der Waals surface area contributed by atoms with Crippen molar-refractivity contribution in [3.05, 3.63) is 33.1 Å². The molecule has 0 aromatic carbocycles. The molecule has 0 radical (unpaired) electrons. The van der Waals surface area contributed by atoms with E-state index in [1.165, 1.54) is 6.07 Å². The van der Waals surface area contributed by atoms with Gasteiger partial charge in [-0.15, -0.1) is 0 Å². The lowest BCUT2D eigenvalue weighted by Crippen LogP contribution is -2.30. The first kappa shape index (κ1) is 13.7. The van der Waals surface area contributed by atoms with E-state index in [9.17, 15) is 14.9 Å². The van der Waals surface area contributed by atoms with Crippen molar-refractivity contribution < 1.29 is 9.72 Å². The number of nitrogens with zero attached hydrogens (tertiary/aromatic N) is 3. The van der Waals surface area contributed by atoms with Crippen LogP contribution < -0.4 is 0 Å². The molecule has 1 aliphatic heterocycles. The molecule has 2 heterocycles. The molecule has 0 atom stereocenters. The minimum atomic E-state index is -0.589. The van der Waals surface area contributed by atoms with Gasteiger partial charge in [-0.3, -0.25) is 14.9 Å². The van der Waals surface area contributed by atoms with E-state index in [-0.39, 0.29) is 27.7 Å². The number of nitro groups is 1. The summed E-state index contributed by atoms with van der Waals surface area (Å²) in [5, 5.41) is 10.7. The Morgan fingerprint density at radius 2 is 2.26 bits per heavy atom. The standard InChI is InChI=1S/C12H14ClN3O3/c1-12(2)3-4-15(7-12)11(17)9-5-8(16(18)19)6-14-10(9)13/h5-6H,3-4,7H2,1-2H3. The van der Waals surface area contributed by atoms with Crippen molar-refractivity contribution >= 4 is 23.2 Å². The first-order valence-corrected chi connectivity index (χ1v) is 6.27. The van der Waals surface area contributed by atoms with Crippen LogP contribution in [-0.2, 0) is 0 Å². The van der Waals surface area contributed by atoms with Crippen LogP contribution in [0.4, 0.5) is 5.69 Å². The van der Waals surface area contributed by atoms with Gasteiger partial charge in [0.2, 0.25) is 0 Å². The third kappa shape index (κ3) is 2.84. The van der Waals surface area contributed by atoms with E-state index in [2.05, 4.69) is 18.8 Å². The number of hydrogen-bond donors (Lipinski definition) is 0. The molecule has 1 aliphatic rings. The highest BCUT2D eigenvalue weighted by Crippen LogP contribution is 2.31. The molecule has 7 heteroatoms. The summed E-state index contributed by atoms with van der Waals surface area (Å²) in [6.07, 6.45) is 1.95. The van der Waals surface area contributed by atoms with Gasteiger partial charge in [-0.1, -0.05) is 25.4 Å². The molecule has 0 unspecified atom stereocenters. The number of carbonyl (C=O) groups is 1. The van der Waals surface area contributed by atoms with Crippen LogP contribution in [-0.4, -0.2) is 33.8 Å². The van der Waals surface area contributed by atoms with Crippen LogP contribution in [0.5, 0.6) is 0 Å². The number of carbonyl (C=O) groups excluding carboxylic acids is 1. The Hall–Kier alpha value is -1.69. The van der Waals surface area contributed by atoms with Crippen molar-refractivity contribution in [2.24, 2.45) is 5.41 Å². The minimum absolute atomic E-state index is 0.000283. The van der Waals surface area contributed by atoms with Crippen molar-refractivity contribution in [1.29, 1.82) is 0 Å². The molecule has 6 nitrogen and oxygen atoms in total. The molecule has 102 valence electrons. The van der Waals surface area contributed by atoms with Crippen molar-refractivity contribution in [1.82, 2.24) is 9.88 Å². The van der Waals surface area contributed by atoms with Crippen molar-refractivity contribution in [2.45, 2.75) is 20.3 Å². The number of aromatic nitrogens is 1. The van der Waals surface area contributed by atoms with Crippen molar-refractivity contribution in [3.63, 3.8) is 0 Å². The Bertz CT molecular complexity index is 545. The van der Waals surface area contributed by atoms with E-state index in [1.54, 1.807) is 4.90 Å². The summed E-state index contributed by atoms with van der Waals surface area (Å²) < 4.78 is 0. The number of hydrogen-bond acceptors (Lipinski definition) is 4. The second-order valence-corrected chi connectivity index (χ2v) is 5.79. The molecule has 19 heavy (non-hydrogen) atoms. The zero-order chi connectivity index (χ0) is 14.2. The quantitative estimate of drug-likeness (QED) is 0.475. The SMILES string of the molecule is CC1(C)CCN(C(=O)c2cc([N+](=O)[O-])cnc2Cl)C1. The topological polar surface area (TPSA) is 76.3 Å².